The molecule has 10 heteroatoms. The maximum Gasteiger partial charge on any atom is 0.325 e. The minimum absolute atomic E-state index is 0.115. The number of rotatable bonds is 8. The Balaban J connectivity index is 1.49. The Kier molecular flexibility index (Phi) is 6.83. The highest BCUT2D eigenvalue weighted by atomic mass is 32.2. The monoisotopic (exact) mass is 508 g/mol. The number of carbonyl (C=O) groups excluding carboxylic acids is 3. The molecule has 2 N–H and O–H groups in total. The lowest BCUT2D eigenvalue weighted by Gasteiger charge is -2.24. The second kappa shape index (κ2) is 9.71. The second-order valence-corrected chi connectivity index (χ2v) is 10.6. The molecular formula is C26H28N4O5S. The molecule has 3 aromatic rings. The van der Waals surface area contributed by atoms with E-state index in [2.05, 4.69) is 10.6 Å². The molecule has 1 aliphatic rings. The molecule has 1 fully saturated rings. The van der Waals surface area contributed by atoms with Crippen LogP contribution in [0.5, 0.6) is 0 Å². The fourth-order valence-corrected chi connectivity index (χ4v) is 5.91. The highest BCUT2D eigenvalue weighted by Gasteiger charge is 2.50. The number of hydrogen-bond acceptors (Lipinski definition) is 5. The smallest absolute Gasteiger partial charge is 0.325 e. The Bertz CT molecular complexity index is 1430. The first-order valence-electron chi connectivity index (χ1n) is 11.6. The van der Waals surface area contributed by atoms with Crippen LogP contribution in [0.3, 0.4) is 0 Å². The number of sulfonamides is 1. The summed E-state index contributed by atoms with van der Waals surface area (Å²) in [5.41, 5.74) is -0.326. The van der Waals surface area contributed by atoms with Gasteiger partial charge < -0.3 is 10.6 Å². The van der Waals surface area contributed by atoms with E-state index in [4.69, 9.17) is 0 Å². The van der Waals surface area contributed by atoms with Crippen molar-refractivity contribution in [1.82, 2.24) is 14.5 Å². The van der Waals surface area contributed by atoms with Crippen LogP contribution in [0, 0.1) is 0 Å². The van der Waals surface area contributed by atoms with Crippen LogP contribution in [0.15, 0.2) is 71.6 Å². The third-order valence-electron chi connectivity index (χ3n) is 6.39. The van der Waals surface area contributed by atoms with Gasteiger partial charge in [0.15, 0.2) is 0 Å². The fourth-order valence-electron chi connectivity index (χ4n) is 4.45. The predicted octanol–water partition coefficient (Wildman–Crippen LogP) is 3.28. The summed E-state index contributed by atoms with van der Waals surface area (Å²) in [7, 11) is -3.62. The molecular weight excluding hydrogens is 480 g/mol. The van der Waals surface area contributed by atoms with Crippen molar-refractivity contribution in [1.29, 1.82) is 0 Å². The molecule has 0 radical (unpaired) electrons. The molecule has 4 rings (SSSR count). The Labute approximate surface area is 210 Å². The fraction of sp³-hybridized carbons (Fsp3) is 0.269. The van der Waals surface area contributed by atoms with Crippen LogP contribution in [-0.4, -0.2) is 55.1 Å². The lowest BCUT2D eigenvalue weighted by Crippen LogP contribution is -2.42. The summed E-state index contributed by atoms with van der Waals surface area (Å²) in [6.07, 6.45) is 0. The van der Waals surface area contributed by atoms with Gasteiger partial charge in [-0.1, -0.05) is 56.3 Å². The molecule has 0 aliphatic carbocycles. The molecule has 1 aliphatic heterocycles. The molecule has 1 saturated heterocycles. The van der Waals surface area contributed by atoms with E-state index in [1.54, 1.807) is 26.8 Å². The molecule has 3 aromatic carbocycles. The van der Waals surface area contributed by atoms with Crippen LogP contribution < -0.4 is 10.6 Å². The van der Waals surface area contributed by atoms with E-state index in [0.717, 1.165) is 15.7 Å². The zero-order valence-corrected chi connectivity index (χ0v) is 21.1. The average Bonchev–Trinajstić information content (AvgIpc) is 3.08. The first kappa shape index (κ1) is 25.3. The Hall–Kier alpha value is -3.76. The average molecular weight is 509 g/mol. The van der Waals surface area contributed by atoms with Crippen molar-refractivity contribution in [3.63, 3.8) is 0 Å². The summed E-state index contributed by atoms with van der Waals surface area (Å²) in [4.78, 5) is 39.7. The molecule has 0 saturated carbocycles. The third kappa shape index (κ3) is 4.45. The highest BCUT2D eigenvalue weighted by Crippen LogP contribution is 2.33. The topological polar surface area (TPSA) is 116 Å². The Morgan fingerprint density at radius 1 is 0.972 bits per heavy atom. The van der Waals surface area contributed by atoms with E-state index in [0.29, 0.717) is 24.3 Å². The molecule has 0 bridgehead atoms. The van der Waals surface area contributed by atoms with Crippen molar-refractivity contribution in [3.8, 4) is 0 Å². The van der Waals surface area contributed by atoms with Gasteiger partial charge in [0.25, 0.3) is 5.91 Å². The highest BCUT2D eigenvalue weighted by molar-refractivity contribution is 7.89. The van der Waals surface area contributed by atoms with Crippen LogP contribution in [0.1, 0.15) is 26.3 Å². The molecule has 1 atom stereocenters. The minimum Gasteiger partial charge on any atom is -0.325 e. The molecule has 4 amide bonds. The maximum absolute atomic E-state index is 13.3. The number of nitrogens with one attached hydrogen (secondary N) is 2. The summed E-state index contributed by atoms with van der Waals surface area (Å²) in [6, 6.07) is 18.2. The summed E-state index contributed by atoms with van der Waals surface area (Å²) in [5, 5.41) is 7.13. The third-order valence-corrected chi connectivity index (χ3v) is 8.45. The van der Waals surface area contributed by atoms with Gasteiger partial charge in [0, 0.05) is 18.8 Å². The van der Waals surface area contributed by atoms with Crippen molar-refractivity contribution >= 4 is 44.3 Å². The molecule has 0 spiro atoms. The zero-order valence-electron chi connectivity index (χ0n) is 20.3. The van der Waals surface area contributed by atoms with Gasteiger partial charge in [-0.15, -0.1) is 0 Å². The number of anilines is 1. The van der Waals surface area contributed by atoms with Gasteiger partial charge in [0.1, 0.15) is 12.1 Å². The summed E-state index contributed by atoms with van der Waals surface area (Å²) < 4.78 is 26.6. The molecule has 0 aromatic heterocycles. The van der Waals surface area contributed by atoms with Gasteiger partial charge in [0.2, 0.25) is 15.9 Å². The number of benzene rings is 3. The quantitative estimate of drug-likeness (QED) is 0.453. The van der Waals surface area contributed by atoms with Crippen LogP contribution >= 0.6 is 0 Å². The lowest BCUT2D eigenvalue weighted by molar-refractivity contribution is -0.133. The number of nitrogens with zero attached hydrogens (tertiary/aromatic N) is 2. The van der Waals surface area contributed by atoms with Crippen LogP contribution in [-0.2, 0) is 25.2 Å². The summed E-state index contributed by atoms with van der Waals surface area (Å²) in [5.74, 6) is -1.11. The molecule has 36 heavy (non-hydrogen) atoms. The van der Waals surface area contributed by atoms with Gasteiger partial charge in [-0.05, 0) is 47.5 Å². The van der Waals surface area contributed by atoms with Gasteiger partial charge in [-0.3, -0.25) is 14.5 Å². The largest absolute Gasteiger partial charge is 0.325 e. The number of urea groups is 1. The van der Waals surface area contributed by atoms with Crippen molar-refractivity contribution < 1.29 is 22.8 Å². The molecule has 1 heterocycles. The van der Waals surface area contributed by atoms with E-state index >= 15 is 0 Å². The first-order valence-corrected chi connectivity index (χ1v) is 13.1. The van der Waals surface area contributed by atoms with E-state index < -0.39 is 40.0 Å². The number of hydrogen-bond donors (Lipinski definition) is 2. The van der Waals surface area contributed by atoms with Crippen LogP contribution in [0.4, 0.5) is 10.5 Å². The normalized spacial score (nSPS) is 18.1. The van der Waals surface area contributed by atoms with Crippen molar-refractivity contribution in [2.24, 2.45) is 0 Å². The zero-order chi connectivity index (χ0) is 26.1. The summed E-state index contributed by atoms with van der Waals surface area (Å²) in [6.45, 7) is 5.36. The standard InChI is InChI=1S/C26H28N4O5S/c1-4-29(5-2)36(34,35)20-15-13-19(14-16-20)27-23(31)17-30-24(32)26(3,28-25(30)33)22-12-8-10-18-9-6-7-11-21(18)22/h6-16H,4-5,17H2,1-3H3,(H,27,31)(H,28,33)/t26-/m0/s1. The van der Waals surface area contributed by atoms with Crippen LogP contribution in [0.25, 0.3) is 10.8 Å². The molecule has 188 valence electrons. The first-order chi connectivity index (χ1) is 17.1. The SMILES string of the molecule is CCN(CC)S(=O)(=O)c1ccc(NC(=O)CN2C(=O)N[C@@](C)(c3cccc4ccccc34)C2=O)cc1. The van der Waals surface area contributed by atoms with Crippen molar-refractivity contribution in [2.45, 2.75) is 31.2 Å². The number of amides is 4. The van der Waals surface area contributed by atoms with Gasteiger partial charge in [0.05, 0.1) is 4.90 Å². The number of imide groups is 1. The number of carbonyl (C=O) groups is 3. The van der Waals surface area contributed by atoms with E-state index in [1.165, 1.54) is 28.6 Å². The number of fused-ring (bicyclic) bond motifs is 1. The summed E-state index contributed by atoms with van der Waals surface area (Å²) >= 11 is 0. The Morgan fingerprint density at radius 2 is 1.61 bits per heavy atom. The Morgan fingerprint density at radius 3 is 2.28 bits per heavy atom. The predicted molar refractivity (Wildman–Crippen MR) is 137 cm³/mol. The second-order valence-electron chi connectivity index (χ2n) is 8.64. The lowest BCUT2D eigenvalue weighted by atomic mass is 9.88. The van der Waals surface area contributed by atoms with Gasteiger partial charge >= 0.3 is 6.03 Å². The van der Waals surface area contributed by atoms with Gasteiger partial charge in [-0.2, -0.15) is 4.31 Å². The maximum atomic E-state index is 13.3. The van der Waals surface area contributed by atoms with E-state index in [9.17, 15) is 22.8 Å². The van der Waals surface area contributed by atoms with Gasteiger partial charge in [-0.25, -0.2) is 13.2 Å². The minimum atomic E-state index is -3.62. The molecule has 9 nitrogen and oxygen atoms in total. The van der Waals surface area contributed by atoms with Crippen LogP contribution in [0.2, 0.25) is 0 Å². The van der Waals surface area contributed by atoms with Crippen molar-refractivity contribution in [2.75, 3.05) is 25.0 Å². The van der Waals surface area contributed by atoms with E-state index in [-0.39, 0.29) is 4.90 Å². The molecule has 0 unspecified atom stereocenters. The van der Waals surface area contributed by atoms with Crippen molar-refractivity contribution in [3.05, 3.63) is 72.3 Å². The van der Waals surface area contributed by atoms with E-state index in [1.807, 2.05) is 36.4 Å².